The van der Waals surface area contributed by atoms with Crippen molar-refractivity contribution in [3.63, 3.8) is 0 Å². The summed E-state index contributed by atoms with van der Waals surface area (Å²) in [5.41, 5.74) is 8.15. The van der Waals surface area contributed by atoms with Gasteiger partial charge in [0, 0.05) is 5.69 Å². The van der Waals surface area contributed by atoms with Crippen molar-refractivity contribution in [2.45, 2.75) is 13.8 Å². The van der Waals surface area contributed by atoms with Gasteiger partial charge in [0.1, 0.15) is 5.75 Å². The monoisotopic (exact) mass is 352 g/mol. The van der Waals surface area contributed by atoms with Crippen molar-refractivity contribution < 1.29 is 14.3 Å². The summed E-state index contributed by atoms with van der Waals surface area (Å²) >= 11 is 0. The number of nitriles is 1. The molecule has 0 aliphatic carbocycles. The van der Waals surface area contributed by atoms with Crippen LogP contribution in [0.5, 0.6) is 5.75 Å². The Kier molecular flexibility index (Phi) is 6.57. The number of amides is 2. The fourth-order valence-electron chi connectivity index (χ4n) is 2.18. The van der Waals surface area contributed by atoms with Gasteiger partial charge in [-0.1, -0.05) is 17.7 Å². The van der Waals surface area contributed by atoms with E-state index in [0.29, 0.717) is 11.3 Å². The molecule has 0 spiro atoms. The van der Waals surface area contributed by atoms with Crippen LogP contribution in [0.15, 0.2) is 42.5 Å². The maximum absolute atomic E-state index is 11.8. The SMILES string of the molecule is Cc1ccc(NCC(=O)NNC(=O)COc2ccc(C#N)cc2)c(C)c1. The highest BCUT2D eigenvalue weighted by Gasteiger charge is 2.06. The standard InChI is InChI=1S/C19H20N4O3/c1-13-3-8-17(14(2)9-13)21-11-18(24)22-23-19(25)12-26-16-6-4-15(10-20)5-7-16/h3-9,21H,11-12H2,1-2H3,(H,22,24)(H,23,25). The van der Waals surface area contributed by atoms with Gasteiger partial charge in [0.25, 0.3) is 11.8 Å². The average Bonchev–Trinajstić information content (AvgIpc) is 2.64. The topological polar surface area (TPSA) is 103 Å². The first kappa shape index (κ1) is 18.8. The van der Waals surface area contributed by atoms with Crippen molar-refractivity contribution in [1.82, 2.24) is 10.9 Å². The number of benzene rings is 2. The molecular formula is C19H20N4O3. The molecule has 0 saturated carbocycles. The molecule has 3 N–H and O–H groups in total. The summed E-state index contributed by atoms with van der Waals surface area (Å²) in [6.45, 7) is 3.73. The number of nitrogens with zero attached hydrogens (tertiary/aromatic N) is 1. The van der Waals surface area contributed by atoms with Gasteiger partial charge in [0.05, 0.1) is 18.2 Å². The maximum atomic E-state index is 11.8. The Hall–Kier alpha value is -3.53. The van der Waals surface area contributed by atoms with E-state index >= 15 is 0 Å². The molecule has 2 amide bonds. The summed E-state index contributed by atoms with van der Waals surface area (Å²) in [5.74, 6) is -0.409. The lowest BCUT2D eigenvalue weighted by Crippen LogP contribution is -2.46. The number of anilines is 1. The third kappa shape index (κ3) is 5.83. The van der Waals surface area contributed by atoms with E-state index in [2.05, 4.69) is 16.2 Å². The van der Waals surface area contributed by atoms with Gasteiger partial charge in [-0.2, -0.15) is 5.26 Å². The van der Waals surface area contributed by atoms with E-state index in [-0.39, 0.29) is 19.1 Å². The van der Waals surface area contributed by atoms with Crippen molar-refractivity contribution in [2.24, 2.45) is 0 Å². The Morgan fingerprint density at radius 2 is 1.73 bits per heavy atom. The van der Waals surface area contributed by atoms with Gasteiger partial charge in [-0.3, -0.25) is 20.4 Å². The number of carbonyl (C=O) groups is 2. The second-order valence-corrected chi connectivity index (χ2v) is 5.69. The first-order valence-electron chi connectivity index (χ1n) is 7.99. The molecule has 2 aromatic carbocycles. The molecule has 0 saturated heterocycles. The highest BCUT2D eigenvalue weighted by molar-refractivity contribution is 5.85. The molecule has 2 rings (SSSR count). The zero-order chi connectivity index (χ0) is 18.9. The Bertz CT molecular complexity index is 826. The molecule has 26 heavy (non-hydrogen) atoms. The molecule has 134 valence electrons. The second kappa shape index (κ2) is 9.08. The maximum Gasteiger partial charge on any atom is 0.276 e. The Morgan fingerprint density at radius 1 is 1.04 bits per heavy atom. The molecule has 0 bridgehead atoms. The molecular weight excluding hydrogens is 332 g/mol. The smallest absolute Gasteiger partial charge is 0.276 e. The molecule has 0 atom stereocenters. The lowest BCUT2D eigenvalue weighted by molar-refractivity contribution is -0.129. The predicted molar refractivity (Wildman–Crippen MR) is 97.3 cm³/mol. The minimum absolute atomic E-state index is 0.0284. The average molecular weight is 352 g/mol. The van der Waals surface area contributed by atoms with Crippen molar-refractivity contribution in [1.29, 1.82) is 5.26 Å². The number of rotatable bonds is 6. The fourth-order valence-corrected chi connectivity index (χ4v) is 2.18. The number of nitrogens with one attached hydrogen (secondary N) is 3. The van der Waals surface area contributed by atoms with Crippen LogP contribution in [0.3, 0.4) is 0 Å². The Balaban J connectivity index is 1.69. The van der Waals surface area contributed by atoms with Gasteiger partial charge < -0.3 is 10.1 Å². The first-order valence-corrected chi connectivity index (χ1v) is 7.99. The van der Waals surface area contributed by atoms with E-state index in [4.69, 9.17) is 10.00 Å². The normalized spacial score (nSPS) is 9.73. The summed E-state index contributed by atoms with van der Waals surface area (Å²) in [7, 11) is 0. The molecule has 0 heterocycles. The number of hydrogen-bond donors (Lipinski definition) is 3. The fraction of sp³-hybridized carbons (Fsp3) is 0.211. The van der Waals surface area contributed by atoms with Crippen LogP contribution in [0.2, 0.25) is 0 Å². The first-order chi connectivity index (χ1) is 12.5. The lowest BCUT2D eigenvalue weighted by Gasteiger charge is -2.11. The molecule has 0 aliphatic heterocycles. The molecule has 0 unspecified atom stereocenters. The minimum Gasteiger partial charge on any atom is -0.484 e. The number of hydrazine groups is 1. The molecule has 2 aromatic rings. The summed E-state index contributed by atoms with van der Waals surface area (Å²) in [6, 6.07) is 14.2. The number of carbonyl (C=O) groups excluding carboxylic acids is 2. The number of hydrogen-bond acceptors (Lipinski definition) is 5. The highest BCUT2D eigenvalue weighted by Crippen LogP contribution is 2.15. The van der Waals surface area contributed by atoms with E-state index in [1.807, 2.05) is 38.1 Å². The van der Waals surface area contributed by atoms with Crippen LogP contribution in [0.1, 0.15) is 16.7 Å². The lowest BCUT2D eigenvalue weighted by atomic mass is 10.1. The predicted octanol–water partition coefficient (Wildman–Crippen LogP) is 1.81. The van der Waals surface area contributed by atoms with Crippen LogP contribution in [0.4, 0.5) is 5.69 Å². The van der Waals surface area contributed by atoms with Crippen LogP contribution in [0, 0.1) is 25.2 Å². The van der Waals surface area contributed by atoms with E-state index in [1.54, 1.807) is 24.3 Å². The molecule has 0 radical (unpaired) electrons. The minimum atomic E-state index is -0.491. The summed E-state index contributed by atoms with van der Waals surface area (Å²) < 4.78 is 5.27. The number of ether oxygens (including phenoxy) is 1. The summed E-state index contributed by atoms with van der Waals surface area (Å²) in [5, 5.41) is 11.7. The van der Waals surface area contributed by atoms with Crippen LogP contribution in [-0.2, 0) is 9.59 Å². The highest BCUT2D eigenvalue weighted by atomic mass is 16.5. The van der Waals surface area contributed by atoms with Gasteiger partial charge in [0.15, 0.2) is 6.61 Å². The van der Waals surface area contributed by atoms with Crippen LogP contribution in [0.25, 0.3) is 0 Å². The molecule has 7 heteroatoms. The van der Waals surface area contributed by atoms with Crippen molar-refractivity contribution in [3.05, 3.63) is 59.2 Å². The van der Waals surface area contributed by atoms with Crippen LogP contribution >= 0.6 is 0 Å². The Morgan fingerprint density at radius 3 is 2.38 bits per heavy atom. The molecule has 0 aromatic heterocycles. The van der Waals surface area contributed by atoms with Gasteiger partial charge in [-0.25, -0.2) is 0 Å². The van der Waals surface area contributed by atoms with Crippen molar-refractivity contribution in [3.8, 4) is 11.8 Å². The summed E-state index contributed by atoms with van der Waals surface area (Å²) in [6.07, 6.45) is 0. The van der Waals surface area contributed by atoms with Crippen LogP contribution in [-0.4, -0.2) is 25.0 Å². The van der Waals surface area contributed by atoms with Gasteiger partial charge >= 0.3 is 0 Å². The second-order valence-electron chi connectivity index (χ2n) is 5.69. The third-order valence-corrected chi connectivity index (χ3v) is 3.52. The van der Waals surface area contributed by atoms with Gasteiger partial charge in [-0.15, -0.1) is 0 Å². The molecule has 0 aliphatic rings. The third-order valence-electron chi connectivity index (χ3n) is 3.52. The van der Waals surface area contributed by atoms with E-state index in [0.717, 1.165) is 16.8 Å². The molecule has 0 fully saturated rings. The van der Waals surface area contributed by atoms with Crippen molar-refractivity contribution >= 4 is 17.5 Å². The molecule has 7 nitrogen and oxygen atoms in total. The largest absolute Gasteiger partial charge is 0.484 e. The Labute approximate surface area is 151 Å². The quantitative estimate of drug-likeness (QED) is 0.688. The van der Waals surface area contributed by atoms with E-state index in [9.17, 15) is 9.59 Å². The van der Waals surface area contributed by atoms with Crippen LogP contribution < -0.4 is 20.9 Å². The van der Waals surface area contributed by atoms with E-state index < -0.39 is 5.91 Å². The van der Waals surface area contributed by atoms with Crippen molar-refractivity contribution in [2.75, 3.05) is 18.5 Å². The summed E-state index contributed by atoms with van der Waals surface area (Å²) in [4.78, 5) is 23.5. The van der Waals surface area contributed by atoms with Gasteiger partial charge in [-0.05, 0) is 49.7 Å². The zero-order valence-corrected chi connectivity index (χ0v) is 14.6. The number of aryl methyl sites for hydroxylation is 2. The van der Waals surface area contributed by atoms with E-state index in [1.165, 1.54) is 0 Å². The zero-order valence-electron chi connectivity index (χ0n) is 14.6. The van der Waals surface area contributed by atoms with Gasteiger partial charge in [0.2, 0.25) is 0 Å².